The van der Waals surface area contributed by atoms with Gasteiger partial charge in [0.15, 0.2) is 0 Å². The molecule has 0 amide bonds. The van der Waals surface area contributed by atoms with Crippen molar-refractivity contribution >= 4 is 11.9 Å². The molecular formula is C23H32O8. The SMILES string of the molecule is CC(O)COC(C)COC(C)CO.O=C(O)c1ccccc1.O=C(O)c1ccccc1. The summed E-state index contributed by atoms with van der Waals surface area (Å²) >= 11 is 0. The number of carboxylic acid groups (broad SMARTS) is 2. The molecule has 31 heavy (non-hydrogen) atoms. The molecule has 0 spiro atoms. The third-order valence-corrected chi connectivity index (χ3v) is 3.54. The van der Waals surface area contributed by atoms with Gasteiger partial charge in [-0.25, -0.2) is 9.59 Å². The normalized spacial score (nSPS) is 12.8. The fourth-order valence-corrected chi connectivity index (χ4v) is 1.87. The van der Waals surface area contributed by atoms with Crippen molar-refractivity contribution < 1.29 is 39.5 Å². The molecule has 0 radical (unpaired) electrons. The predicted octanol–water partition coefficient (Wildman–Crippen LogP) is 2.94. The Morgan fingerprint density at radius 2 is 1.13 bits per heavy atom. The molecule has 4 N–H and O–H groups in total. The van der Waals surface area contributed by atoms with E-state index in [1.165, 1.54) is 0 Å². The number of carboxylic acids is 2. The van der Waals surface area contributed by atoms with Crippen molar-refractivity contribution in [3.8, 4) is 0 Å². The number of aliphatic hydroxyl groups is 2. The Bertz CT molecular complexity index is 669. The van der Waals surface area contributed by atoms with Crippen LogP contribution in [0.15, 0.2) is 60.7 Å². The number of ether oxygens (including phenoxy) is 2. The van der Waals surface area contributed by atoms with E-state index in [9.17, 15) is 9.59 Å². The highest BCUT2D eigenvalue weighted by Crippen LogP contribution is 1.98. The molecule has 0 heterocycles. The predicted molar refractivity (Wildman–Crippen MR) is 116 cm³/mol. The molecule has 8 heteroatoms. The Labute approximate surface area is 182 Å². The zero-order valence-corrected chi connectivity index (χ0v) is 18.0. The minimum atomic E-state index is -0.879. The van der Waals surface area contributed by atoms with Gasteiger partial charge in [0, 0.05) is 0 Å². The number of carbonyl (C=O) groups is 2. The highest BCUT2D eigenvalue weighted by atomic mass is 16.5. The Morgan fingerprint density at radius 1 is 0.742 bits per heavy atom. The molecule has 0 aromatic heterocycles. The van der Waals surface area contributed by atoms with E-state index in [2.05, 4.69) is 0 Å². The zero-order valence-electron chi connectivity index (χ0n) is 18.0. The van der Waals surface area contributed by atoms with Gasteiger partial charge in [-0.2, -0.15) is 0 Å². The third-order valence-electron chi connectivity index (χ3n) is 3.54. The fraction of sp³-hybridized carbons (Fsp3) is 0.391. The number of rotatable bonds is 9. The lowest BCUT2D eigenvalue weighted by Crippen LogP contribution is -2.24. The number of hydrogen-bond acceptors (Lipinski definition) is 6. The summed E-state index contributed by atoms with van der Waals surface area (Å²) in [5.41, 5.74) is 0.662. The van der Waals surface area contributed by atoms with Crippen molar-refractivity contribution in [3.05, 3.63) is 71.8 Å². The number of aliphatic hydroxyl groups excluding tert-OH is 2. The summed E-state index contributed by atoms with van der Waals surface area (Å²) in [6, 6.07) is 16.6. The van der Waals surface area contributed by atoms with Crippen LogP contribution >= 0.6 is 0 Å². The van der Waals surface area contributed by atoms with Gasteiger partial charge in [0.1, 0.15) is 0 Å². The van der Waals surface area contributed by atoms with Crippen molar-refractivity contribution in [2.75, 3.05) is 19.8 Å². The minimum absolute atomic E-state index is 0.0170. The molecule has 0 saturated carbocycles. The van der Waals surface area contributed by atoms with E-state index in [0.717, 1.165) is 0 Å². The molecule has 2 aromatic rings. The van der Waals surface area contributed by atoms with Crippen LogP contribution in [-0.4, -0.2) is 70.5 Å². The van der Waals surface area contributed by atoms with Gasteiger partial charge >= 0.3 is 11.9 Å². The van der Waals surface area contributed by atoms with Crippen molar-refractivity contribution in [1.82, 2.24) is 0 Å². The first-order chi connectivity index (χ1) is 14.7. The summed E-state index contributed by atoms with van der Waals surface area (Å²) in [6.07, 6.45) is -0.654. The van der Waals surface area contributed by atoms with Crippen molar-refractivity contribution in [2.45, 2.75) is 39.1 Å². The van der Waals surface area contributed by atoms with Crippen LogP contribution in [0.2, 0.25) is 0 Å². The van der Waals surface area contributed by atoms with E-state index in [0.29, 0.717) is 24.3 Å². The first kappa shape index (κ1) is 28.2. The third kappa shape index (κ3) is 15.7. The molecule has 0 bridgehead atoms. The van der Waals surface area contributed by atoms with Gasteiger partial charge in [-0.15, -0.1) is 0 Å². The van der Waals surface area contributed by atoms with E-state index < -0.39 is 18.0 Å². The molecule has 8 nitrogen and oxygen atoms in total. The van der Waals surface area contributed by atoms with Crippen LogP contribution in [0.5, 0.6) is 0 Å². The lowest BCUT2D eigenvalue weighted by Gasteiger charge is -2.16. The van der Waals surface area contributed by atoms with Gasteiger partial charge in [-0.3, -0.25) is 0 Å². The van der Waals surface area contributed by atoms with E-state index >= 15 is 0 Å². The molecule has 2 rings (SSSR count). The van der Waals surface area contributed by atoms with Gasteiger partial charge in [0.25, 0.3) is 0 Å². The highest BCUT2D eigenvalue weighted by molar-refractivity contribution is 5.87. The second-order valence-electron chi connectivity index (χ2n) is 6.66. The monoisotopic (exact) mass is 436 g/mol. The van der Waals surface area contributed by atoms with Crippen LogP contribution in [0.4, 0.5) is 0 Å². The van der Waals surface area contributed by atoms with Crippen LogP contribution in [0.1, 0.15) is 41.5 Å². The van der Waals surface area contributed by atoms with Gasteiger partial charge in [0.2, 0.25) is 0 Å². The summed E-state index contributed by atoms with van der Waals surface area (Å²) in [6.45, 7) is 6.10. The summed E-state index contributed by atoms with van der Waals surface area (Å²) in [5, 5.41) is 34.3. The number of hydrogen-bond donors (Lipinski definition) is 4. The average molecular weight is 437 g/mol. The van der Waals surface area contributed by atoms with E-state index in [4.69, 9.17) is 29.9 Å². The highest BCUT2D eigenvalue weighted by Gasteiger charge is 2.07. The first-order valence-corrected chi connectivity index (χ1v) is 9.76. The Balaban J connectivity index is 0.000000445. The van der Waals surface area contributed by atoms with E-state index in [1.54, 1.807) is 74.5 Å². The van der Waals surface area contributed by atoms with E-state index in [1.807, 2.05) is 6.92 Å². The molecule has 2 aromatic carbocycles. The molecule has 172 valence electrons. The van der Waals surface area contributed by atoms with Gasteiger partial charge in [-0.05, 0) is 45.0 Å². The van der Waals surface area contributed by atoms with Crippen LogP contribution in [0.3, 0.4) is 0 Å². The van der Waals surface area contributed by atoms with Crippen LogP contribution in [0, 0.1) is 0 Å². The fourth-order valence-electron chi connectivity index (χ4n) is 1.87. The molecule has 3 unspecified atom stereocenters. The van der Waals surface area contributed by atoms with Crippen LogP contribution < -0.4 is 0 Å². The van der Waals surface area contributed by atoms with Crippen molar-refractivity contribution in [3.63, 3.8) is 0 Å². The standard InChI is InChI=1S/C9H20O4.2C7H6O2/c1-7(11)5-12-9(3)6-13-8(2)4-10;2*8-7(9)6-4-2-1-3-5-6/h7-11H,4-6H2,1-3H3;2*1-5H,(H,8,9). The Kier molecular flexibility index (Phi) is 15.4. The Morgan fingerprint density at radius 3 is 1.42 bits per heavy atom. The topological polar surface area (TPSA) is 134 Å². The second-order valence-corrected chi connectivity index (χ2v) is 6.66. The maximum absolute atomic E-state index is 10.2. The van der Waals surface area contributed by atoms with Crippen LogP contribution in [-0.2, 0) is 9.47 Å². The molecular weight excluding hydrogens is 404 g/mol. The molecule has 0 aliphatic carbocycles. The van der Waals surface area contributed by atoms with Gasteiger partial charge < -0.3 is 29.9 Å². The maximum Gasteiger partial charge on any atom is 0.335 e. The summed E-state index contributed by atoms with van der Waals surface area (Å²) in [5.74, 6) is -1.76. The number of benzene rings is 2. The Hall–Kier alpha value is -2.78. The van der Waals surface area contributed by atoms with Crippen molar-refractivity contribution in [2.24, 2.45) is 0 Å². The summed E-state index contributed by atoms with van der Waals surface area (Å²) in [7, 11) is 0. The summed E-state index contributed by atoms with van der Waals surface area (Å²) < 4.78 is 10.5. The van der Waals surface area contributed by atoms with Gasteiger partial charge in [-0.1, -0.05) is 36.4 Å². The zero-order chi connectivity index (χ0) is 23.6. The van der Waals surface area contributed by atoms with Crippen molar-refractivity contribution in [1.29, 1.82) is 0 Å². The minimum Gasteiger partial charge on any atom is -0.478 e. The smallest absolute Gasteiger partial charge is 0.335 e. The lowest BCUT2D eigenvalue weighted by molar-refractivity contribution is -0.0620. The molecule has 0 aliphatic rings. The quantitative estimate of drug-likeness (QED) is 0.471. The molecule has 0 fully saturated rings. The largest absolute Gasteiger partial charge is 0.478 e. The summed E-state index contributed by atoms with van der Waals surface area (Å²) in [4.78, 5) is 20.4. The molecule has 0 saturated heterocycles. The number of aromatic carboxylic acids is 2. The maximum atomic E-state index is 10.2. The molecule has 0 aliphatic heterocycles. The van der Waals surface area contributed by atoms with Gasteiger partial charge in [0.05, 0.1) is 49.3 Å². The average Bonchev–Trinajstić information content (AvgIpc) is 2.78. The first-order valence-electron chi connectivity index (χ1n) is 9.76. The van der Waals surface area contributed by atoms with Crippen LogP contribution in [0.25, 0.3) is 0 Å². The van der Waals surface area contributed by atoms with E-state index in [-0.39, 0.29) is 18.8 Å². The lowest BCUT2D eigenvalue weighted by atomic mass is 10.2. The molecule has 3 atom stereocenters. The second kappa shape index (κ2) is 17.0.